The minimum Gasteiger partial charge on any atom is -0.423 e. The van der Waals surface area contributed by atoms with Crippen LogP contribution >= 0.6 is 0 Å². The second-order valence-electron chi connectivity index (χ2n) is 4.24. The minimum atomic E-state index is -1.41. The Balaban J connectivity index is 1.98. The summed E-state index contributed by atoms with van der Waals surface area (Å²) in [6.07, 6.45) is 0. The molecule has 1 aliphatic heterocycles. The average Bonchev–Trinajstić information content (AvgIpc) is 2.32. The molecule has 2 rings (SSSR count). The molecule has 17 heavy (non-hydrogen) atoms. The highest BCUT2D eigenvalue weighted by Crippen LogP contribution is 2.07. The molecule has 6 heteroatoms. The fourth-order valence-corrected chi connectivity index (χ4v) is 3.07. The van der Waals surface area contributed by atoms with Gasteiger partial charge in [-0.3, -0.25) is 9.11 Å². The first-order valence-corrected chi connectivity index (χ1v) is 7.16. The quantitative estimate of drug-likeness (QED) is 0.673. The van der Waals surface area contributed by atoms with Crippen molar-refractivity contribution in [2.75, 3.05) is 24.6 Å². The highest BCUT2D eigenvalue weighted by atomic mass is 32.2. The largest absolute Gasteiger partial charge is 0.488 e. The van der Waals surface area contributed by atoms with Crippen LogP contribution in [0.5, 0.6) is 0 Å². The molecule has 0 amide bonds. The average molecular weight is 253 g/mol. The molecule has 0 aromatic heterocycles. The Bertz CT molecular complexity index is 403. The first-order chi connectivity index (χ1) is 8.15. The van der Waals surface area contributed by atoms with Gasteiger partial charge < -0.3 is 10.0 Å². The molecule has 0 atom stereocenters. The molecule has 92 valence electrons. The van der Waals surface area contributed by atoms with Crippen molar-refractivity contribution in [3.8, 4) is 0 Å². The SMILES string of the molecule is O=S1CCN(Cc2cccc(B(O)O)c2)CC1. The summed E-state index contributed by atoms with van der Waals surface area (Å²) in [7, 11) is -2.07. The Labute approximate surface area is 104 Å². The van der Waals surface area contributed by atoms with Crippen LogP contribution in [0.2, 0.25) is 0 Å². The maximum absolute atomic E-state index is 11.2. The number of benzene rings is 1. The summed E-state index contributed by atoms with van der Waals surface area (Å²) in [5.41, 5.74) is 1.58. The zero-order chi connectivity index (χ0) is 12.3. The van der Waals surface area contributed by atoms with E-state index in [0.29, 0.717) is 5.46 Å². The zero-order valence-electron chi connectivity index (χ0n) is 9.58. The van der Waals surface area contributed by atoms with Crippen LogP contribution in [0.3, 0.4) is 0 Å². The van der Waals surface area contributed by atoms with E-state index in [1.54, 1.807) is 12.1 Å². The third kappa shape index (κ3) is 3.64. The van der Waals surface area contributed by atoms with Gasteiger partial charge in [-0.15, -0.1) is 0 Å². The van der Waals surface area contributed by atoms with Gasteiger partial charge in [0.25, 0.3) is 0 Å². The summed E-state index contributed by atoms with van der Waals surface area (Å²) < 4.78 is 11.2. The van der Waals surface area contributed by atoms with Gasteiger partial charge >= 0.3 is 7.12 Å². The third-order valence-electron chi connectivity index (χ3n) is 2.93. The van der Waals surface area contributed by atoms with Crippen molar-refractivity contribution in [1.82, 2.24) is 4.90 Å². The first-order valence-electron chi connectivity index (χ1n) is 5.67. The molecular weight excluding hydrogens is 237 g/mol. The number of rotatable bonds is 3. The van der Waals surface area contributed by atoms with Crippen LogP contribution in [-0.2, 0) is 17.3 Å². The van der Waals surface area contributed by atoms with E-state index >= 15 is 0 Å². The van der Waals surface area contributed by atoms with E-state index in [-0.39, 0.29) is 0 Å². The van der Waals surface area contributed by atoms with Crippen molar-refractivity contribution < 1.29 is 14.3 Å². The van der Waals surface area contributed by atoms with Gasteiger partial charge in [0, 0.05) is 41.9 Å². The van der Waals surface area contributed by atoms with Gasteiger partial charge in [0.2, 0.25) is 0 Å². The molecule has 0 radical (unpaired) electrons. The monoisotopic (exact) mass is 253 g/mol. The first kappa shape index (κ1) is 12.8. The Kier molecular flexibility index (Phi) is 4.33. The second-order valence-corrected chi connectivity index (χ2v) is 5.94. The van der Waals surface area contributed by atoms with Crippen molar-refractivity contribution in [2.45, 2.75) is 6.54 Å². The molecule has 1 aromatic rings. The maximum Gasteiger partial charge on any atom is 0.488 e. The molecule has 1 saturated heterocycles. The predicted molar refractivity (Wildman–Crippen MR) is 69.4 cm³/mol. The molecule has 1 heterocycles. The van der Waals surface area contributed by atoms with Gasteiger partial charge in [0.1, 0.15) is 0 Å². The highest BCUT2D eigenvalue weighted by molar-refractivity contribution is 7.85. The van der Waals surface area contributed by atoms with Crippen LogP contribution in [0.4, 0.5) is 0 Å². The number of nitrogens with zero attached hydrogens (tertiary/aromatic N) is 1. The fraction of sp³-hybridized carbons (Fsp3) is 0.455. The lowest BCUT2D eigenvalue weighted by Gasteiger charge is -2.26. The molecule has 0 saturated carbocycles. The van der Waals surface area contributed by atoms with E-state index in [1.165, 1.54) is 0 Å². The summed E-state index contributed by atoms with van der Waals surface area (Å²) in [5.74, 6) is 1.48. The lowest BCUT2D eigenvalue weighted by atomic mass is 9.79. The van der Waals surface area contributed by atoms with E-state index in [2.05, 4.69) is 4.90 Å². The molecule has 1 aromatic carbocycles. The van der Waals surface area contributed by atoms with E-state index in [0.717, 1.165) is 36.7 Å². The van der Waals surface area contributed by atoms with Crippen LogP contribution in [0.25, 0.3) is 0 Å². The summed E-state index contributed by atoms with van der Waals surface area (Å²) in [4.78, 5) is 2.24. The van der Waals surface area contributed by atoms with Gasteiger partial charge in [-0.05, 0) is 11.0 Å². The Morgan fingerprint density at radius 1 is 1.29 bits per heavy atom. The topological polar surface area (TPSA) is 60.8 Å². The Morgan fingerprint density at radius 2 is 2.00 bits per heavy atom. The summed E-state index contributed by atoms with van der Waals surface area (Å²) in [5, 5.41) is 18.2. The second kappa shape index (κ2) is 5.77. The molecule has 0 aliphatic carbocycles. The van der Waals surface area contributed by atoms with E-state index in [1.807, 2.05) is 12.1 Å². The third-order valence-corrected chi connectivity index (χ3v) is 4.20. The van der Waals surface area contributed by atoms with Crippen molar-refractivity contribution in [3.05, 3.63) is 29.8 Å². The molecule has 0 spiro atoms. The van der Waals surface area contributed by atoms with Crippen LogP contribution < -0.4 is 5.46 Å². The molecular formula is C11H16BNO3S. The van der Waals surface area contributed by atoms with Crippen molar-refractivity contribution in [3.63, 3.8) is 0 Å². The number of hydrogen-bond donors (Lipinski definition) is 2. The fourth-order valence-electron chi connectivity index (χ4n) is 1.94. The molecule has 1 fully saturated rings. The van der Waals surface area contributed by atoms with Crippen molar-refractivity contribution >= 4 is 23.4 Å². The minimum absolute atomic E-state index is 0.517. The standard InChI is InChI=1S/C11H16BNO3S/c14-12(15)11-3-1-2-10(8-11)9-13-4-6-17(16)7-5-13/h1-3,8,14-15H,4-7,9H2. The molecule has 2 N–H and O–H groups in total. The normalized spacial score (nSPS) is 18.2. The van der Waals surface area contributed by atoms with E-state index in [4.69, 9.17) is 10.0 Å². The highest BCUT2D eigenvalue weighted by Gasteiger charge is 2.16. The lowest BCUT2D eigenvalue weighted by molar-refractivity contribution is 0.291. The zero-order valence-corrected chi connectivity index (χ0v) is 10.4. The Hall–Kier alpha value is -0.685. The molecule has 0 bridgehead atoms. The maximum atomic E-state index is 11.2. The summed E-state index contributed by atoms with van der Waals surface area (Å²) in [6.45, 7) is 2.47. The van der Waals surface area contributed by atoms with Crippen molar-refractivity contribution in [1.29, 1.82) is 0 Å². The van der Waals surface area contributed by atoms with Gasteiger partial charge in [-0.2, -0.15) is 0 Å². The van der Waals surface area contributed by atoms with Gasteiger partial charge in [0.15, 0.2) is 0 Å². The van der Waals surface area contributed by atoms with Crippen LogP contribution in [0.15, 0.2) is 24.3 Å². The molecule has 0 unspecified atom stereocenters. The summed E-state index contributed by atoms with van der Waals surface area (Å²) >= 11 is 0. The van der Waals surface area contributed by atoms with Crippen LogP contribution in [-0.4, -0.2) is 50.9 Å². The van der Waals surface area contributed by atoms with E-state index in [9.17, 15) is 4.21 Å². The van der Waals surface area contributed by atoms with Gasteiger partial charge in [-0.1, -0.05) is 24.3 Å². The molecule has 1 aliphatic rings. The van der Waals surface area contributed by atoms with Crippen LogP contribution in [0.1, 0.15) is 5.56 Å². The number of hydrogen-bond acceptors (Lipinski definition) is 4. The van der Waals surface area contributed by atoms with Crippen molar-refractivity contribution in [2.24, 2.45) is 0 Å². The van der Waals surface area contributed by atoms with Gasteiger partial charge in [-0.25, -0.2) is 0 Å². The van der Waals surface area contributed by atoms with E-state index < -0.39 is 17.9 Å². The Morgan fingerprint density at radius 3 is 2.65 bits per heavy atom. The summed E-state index contributed by atoms with van der Waals surface area (Å²) in [6, 6.07) is 7.29. The molecule has 4 nitrogen and oxygen atoms in total. The smallest absolute Gasteiger partial charge is 0.423 e. The lowest BCUT2D eigenvalue weighted by Crippen LogP contribution is -2.37. The predicted octanol–water partition coefficient (Wildman–Crippen LogP) is -1.07. The van der Waals surface area contributed by atoms with Crippen LogP contribution in [0, 0.1) is 0 Å². The van der Waals surface area contributed by atoms with Gasteiger partial charge in [0.05, 0.1) is 0 Å².